The summed E-state index contributed by atoms with van der Waals surface area (Å²) >= 11 is 0. The van der Waals surface area contributed by atoms with E-state index >= 15 is 0 Å². The minimum Gasteiger partial charge on any atom is -0.481 e. The molecule has 0 heterocycles. The molecule has 1 unspecified atom stereocenters. The summed E-state index contributed by atoms with van der Waals surface area (Å²) in [6.07, 6.45) is 39.2. The number of unbranched alkanes of at least 4 members (excludes halogenated alkanes) is 14. The number of carbonyl (C=O) groups is 2. The Bertz CT molecular complexity index is 635. The zero-order valence-electron chi connectivity index (χ0n) is 25.7. The van der Waals surface area contributed by atoms with Crippen LogP contribution in [0.3, 0.4) is 0 Å². The third kappa shape index (κ3) is 30.6. The molecular formula is C35H62O4. The number of ether oxygens (including phenoxy) is 1. The minimum absolute atomic E-state index is 0.00568. The molecule has 4 heteroatoms. The van der Waals surface area contributed by atoms with E-state index in [0.717, 1.165) is 77.0 Å². The van der Waals surface area contributed by atoms with Gasteiger partial charge < -0.3 is 9.84 Å². The Morgan fingerprint density at radius 1 is 0.590 bits per heavy atom. The van der Waals surface area contributed by atoms with Crippen molar-refractivity contribution < 1.29 is 19.4 Å². The molecule has 1 N–H and O–H groups in total. The average molecular weight is 547 g/mol. The molecule has 0 aromatic heterocycles. The van der Waals surface area contributed by atoms with Gasteiger partial charge in [0.25, 0.3) is 0 Å². The number of carboxylic acids is 1. The summed E-state index contributed by atoms with van der Waals surface area (Å²) in [5, 5.41) is 8.66. The average Bonchev–Trinajstić information content (AvgIpc) is 2.91. The van der Waals surface area contributed by atoms with Gasteiger partial charge in [-0.05, 0) is 64.2 Å². The van der Waals surface area contributed by atoms with Gasteiger partial charge in [-0.25, -0.2) is 0 Å². The van der Waals surface area contributed by atoms with Gasteiger partial charge in [0, 0.05) is 12.8 Å². The molecule has 0 fully saturated rings. The van der Waals surface area contributed by atoms with Crippen molar-refractivity contribution >= 4 is 11.9 Å². The lowest BCUT2D eigenvalue weighted by Crippen LogP contribution is -2.18. The van der Waals surface area contributed by atoms with Crippen molar-refractivity contribution in [2.75, 3.05) is 0 Å². The van der Waals surface area contributed by atoms with E-state index in [1.165, 1.54) is 64.2 Å². The van der Waals surface area contributed by atoms with Gasteiger partial charge in [-0.1, -0.05) is 127 Å². The fraction of sp³-hybridized carbons (Fsp3) is 0.771. The van der Waals surface area contributed by atoms with Crippen LogP contribution in [-0.4, -0.2) is 23.1 Å². The van der Waals surface area contributed by atoms with E-state index in [1.54, 1.807) is 0 Å². The molecule has 0 amide bonds. The topological polar surface area (TPSA) is 63.6 Å². The van der Waals surface area contributed by atoms with Gasteiger partial charge in [0.05, 0.1) is 0 Å². The first kappa shape index (κ1) is 37.2. The number of allylic oxidation sites excluding steroid dienone is 6. The second kappa shape index (κ2) is 30.7. The van der Waals surface area contributed by atoms with Crippen LogP contribution in [0, 0.1) is 0 Å². The van der Waals surface area contributed by atoms with Crippen LogP contribution in [0.25, 0.3) is 0 Å². The summed E-state index contributed by atoms with van der Waals surface area (Å²) in [6, 6.07) is 0. The number of carbonyl (C=O) groups excluding carboxylic acids is 1. The highest BCUT2D eigenvalue weighted by molar-refractivity contribution is 5.69. The van der Waals surface area contributed by atoms with E-state index in [0.29, 0.717) is 12.8 Å². The van der Waals surface area contributed by atoms with Crippen LogP contribution in [0.15, 0.2) is 36.5 Å². The van der Waals surface area contributed by atoms with Crippen molar-refractivity contribution in [3.63, 3.8) is 0 Å². The van der Waals surface area contributed by atoms with Gasteiger partial charge in [0.2, 0.25) is 0 Å². The minimum atomic E-state index is -0.687. The highest BCUT2D eigenvalue weighted by Crippen LogP contribution is 2.17. The van der Waals surface area contributed by atoms with Crippen LogP contribution in [-0.2, 0) is 14.3 Å². The van der Waals surface area contributed by atoms with E-state index in [4.69, 9.17) is 9.84 Å². The van der Waals surface area contributed by atoms with Crippen molar-refractivity contribution in [2.24, 2.45) is 0 Å². The largest absolute Gasteiger partial charge is 0.481 e. The van der Waals surface area contributed by atoms with Crippen molar-refractivity contribution in [3.05, 3.63) is 36.5 Å². The van der Waals surface area contributed by atoms with Crippen LogP contribution in [0.2, 0.25) is 0 Å². The highest BCUT2D eigenvalue weighted by Gasteiger charge is 2.13. The molecular weight excluding hydrogens is 484 g/mol. The SMILES string of the molecule is CC/C=C\C/C=C\C/C=C\CCCCCCCCCC(=O)OC(CCC)CCCCCCCCCCC(=O)O. The standard InChI is InChI=1S/C35H62O4/c1-3-5-6-7-8-9-10-11-12-13-14-15-16-17-22-25-28-32-35(38)39-33(29-4-2)30-26-23-20-18-19-21-24-27-31-34(36)37/h5-6,8-9,11-12,33H,3-4,7,10,13-32H2,1-2H3,(H,36,37)/b6-5-,9-8-,12-11-. The first-order chi connectivity index (χ1) is 19.1. The maximum Gasteiger partial charge on any atom is 0.306 e. The molecule has 0 rings (SSSR count). The number of esters is 1. The zero-order valence-corrected chi connectivity index (χ0v) is 25.7. The summed E-state index contributed by atoms with van der Waals surface area (Å²) in [6.45, 7) is 4.32. The van der Waals surface area contributed by atoms with Gasteiger partial charge in [0.15, 0.2) is 0 Å². The first-order valence-corrected chi connectivity index (χ1v) is 16.5. The monoisotopic (exact) mass is 546 g/mol. The fourth-order valence-corrected chi connectivity index (χ4v) is 4.78. The van der Waals surface area contributed by atoms with Crippen molar-refractivity contribution in [3.8, 4) is 0 Å². The second-order valence-electron chi connectivity index (χ2n) is 11.0. The first-order valence-electron chi connectivity index (χ1n) is 16.5. The fourth-order valence-electron chi connectivity index (χ4n) is 4.78. The molecule has 0 aliphatic carbocycles. The Balaban J connectivity index is 3.60. The van der Waals surface area contributed by atoms with Gasteiger partial charge in [0.1, 0.15) is 6.10 Å². The van der Waals surface area contributed by atoms with Crippen LogP contribution < -0.4 is 0 Å². The lowest BCUT2D eigenvalue weighted by molar-refractivity contribution is -0.150. The zero-order chi connectivity index (χ0) is 28.7. The summed E-state index contributed by atoms with van der Waals surface area (Å²) in [4.78, 5) is 22.8. The molecule has 39 heavy (non-hydrogen) atoms. The van der Waals surface area contributed by atoms with Crippen molar-refractivity contribution in [1.82, 2.24) is 0 Å². The number of hydrogen-bond donors (Lipinski definition) is 1. The third-order valence-corrected chi connectivity index (χ3v) is 7.11. The smallest absolute Gasteiger partial charge is 0.306 e. The van der Waals surface area contributed by atoms with Gasteiger partial charge in [-0.3, -0.25) is 9.59 Å². The van der Waals surface area contributed by atoms with E-state index in [9.17, 15) is 9.59 Å². The molecule has 1 atom stereocenters. The number of hydrogen-bond acceptors (Lipinski definition) is 3. The molecule has 0 saturated carbocycles. The second-order valence-corrected chi connectivity index (χ2v) is 11.0. The molecule has 0 bridgehead atoms. The van der Waals surface area contributed by atoms with Crippen LogP contribution >= 0.6 is 0 Å². The summed E-state index contributed by atoms with van der Waals surface area (Å²) in [7, 11) is 0. The van der Waals surface area contributed by atoms with Gasteiger partial charge in [-0.15, -0.1) is 0 Å². The van der Waals surface area contributed by atoms with Crippen molar-refractivity contribution in [1.29, 1.82) is 0 Å². The Hall–Kier alpha value is -1.84. The summed E-state index contributed by atoms with van der Waals surface area (Å²) in [5.74, 6) is -0.693. The maximum absolute atomic E-state index is 12.3. The maximum atomic E-state index is 12.3. The van der Waals surface area contributed by atoms with Gasteiger partial charge >= 0.3 is 11.9 Å². The molecule has 0 aromatic carbocycles. The Morgan fingerprint density at radius 3 is 1.64 bits per heavy atom. The molecule has 0 spiro atoms. The Morgan fingerprint density at radius 2 is 1.08 bits per heavy atom. The van der Waals surface area contributed by atoms with Gasteiger partial charge in [-0.2, -0.15) is 0 Å². The molecule has 0 aliphatic rings. The summed E-state index contributed by atoms with van der Waals surface area (Å²) in [5.41, 5.74) is 0. The normalized spacial score (nSPS) is 12.7. The number of carboxylic acid groups (broad SMARTS) is 1. The van der Waals surface area contributed by atoms with E-state index < -0.39 is 5.97 Å². The molecule has 0 aliphatic heterocycles. The van der Waals surface area contributed by atoms with Crippen LogP contribution in [0.1, 0.15) is 168 Å². The molecule has 0 saturated heterocycles. The molecule has 226 valence electrons. The predicted molar refractivity (Wildman–Crippen MR) is 167 cm³/mol. The Labute approximate surface area is 241 Å². The summed E-state index contributed by atoms with van der Waals surface area (Å²) < 4.78 is 5.81. The van der Waals surface area contributed by atoms with E-state index in [2.05, 4.69) is 50.3 Å². The number of rotatable bonds is 29. The lowest BCUT2D eigenvalue weighted by atomic mass is 10.0. The predicted octanol–water partition coefficient (Wildman–Crippen LogP) is 11.1. The van der Waals surface area contributed by atoms with Crippen molar-refractivity contribution in [2.45, 2.75) is 174 Å². The number of aliphatic carboxylic acids is 1. The molecule has 4 nitrogen and oxygen atoms in total. The highest BCUT2D eigenvalue weighted by atomic mass is 16.5. The van der Waals surface area contributed by atoms with Crippen LogP contribution in [0.4, 0.5) is 0 Å². The molecule has 0 radical (unpaired) electrons. The van der Waals surface area contributed by atoms with E-state index in [-0.39, 0.29) is 12.1 Å². The van der Waals surface area contributed by atoms with E-state index in [1.807, 2.05) is 0 Å². The van der Waals surface area contributed by atoms with Crippen LogP contribution in [0.5, 0.6) is 0 Å². The third-order valence-electron chi connectivity index (χ3n) is 7.11. The quantitative estimate of drug-likeness (QED) is 0.0575. The Kier molecular flexibility index (Phi) is 29.2. The molecule has 0 aromatic rings. The lowest BCUT2D eigenvalue weighted by Gasteiger charge is -2.17.